The third-order valence-corrected chi connectivity index (χ3v) is 7.43. The van der Waals surface area contributed by atoms with Crippen LogP contribution in [-0.4, -0.2) is 42.2 Å². The van der Waals surface area contributed by atoms with Gasteiger partial charge in [0.2, 0.25) is 15.8 Å². The van der Waals surface area contributed by atoms with E-state index in [0.717, 1.165) is 22.3 Å². The maximum atomic E-state index is 13.5. The van der Waals surface area contributed by atoms with E-state index in [0.29, 0.717) is 41.4 Å². The van der Waals surface area contributed by atoms with Crippen molar-refractivity contribution < 1.29 is 27.4 Å². The molecular formula is C32H32N2O6S. The largest absolute Gasteiger partial charge is 0.493 e. The van der Waals surface area contributed by atoms with E-state index in [4.69, 9.17) is 19.3 Å². The van der Waals surface area contributed by atoms with Gasteiger partial charge in [-0.2, -0.15) is 0 Å². The van der Waals surface area contributed by atoms with Crippen LogP contribution in [0.1, 0.15) is 16.7 Å². The van der Waals surface area contributed by atoms with E-state index in [1.165, 1.54) is 33.5 Å². The first kappa shape index (κ1) is 29.4. The second-order valence-electron chi connectivity index (χ2n) is 9.15. The number of nitrogens with two attached hydrogens (primary N) is 1. The number of nitrogens with one attached hydrogen (secondary N) is 1. The molecule has 0 saturated carbocycles. The van der Waals surface area contributed by atoms with Crippen molar-refractivity contribution >= 4 is 27.6 Å². The van der Waals surface area contributed by atoms with E-state index >= 15 is 0 Å². The maximum absolute atomic E-state index is 13.5. The van der Waals surface area contributed by atoms with Crippen LogP contribution in [0.3, 0.4) is 0 Å². The van der Waals surface area contributed by atoms with Crippen LogP contribution in [0.15, 0.2) is 95.9 Å². The molecule has 0 saturated heterocycles. The number of amides is 1. The molecule has 0 heterocycles. The molecule has 0 radical (unpaired) electrons. The molecule has 3 N–H and O–H groups in total. The van der Waals surface area contributed by atoms with E-state index in [9.17, 15) is 13.2 Å². The third-order valence-electron chi connectivity index (χ3n) is 6.50. The summed E-state index contributed by atoms with van der Waals surface area (Å²) in [5, 5.41) is 8.16. The van der Waals surface area contributed by atoms with Crippen molar-refractivity contribution in [2.24, 2.45) is 5.14 Å². The van der Waals surface area contributed by atoms with Crippen molar-refractivity contribution in [3.05, 3.63) is 108 Å². The topological polar surface area (TPSA) is 117 Å². The maximum Gasteiger partial charge on any atom is 0.251 e. The highest BCUT2D eigenvalue weighted by Gasteiger charge is 2.16. The molecule has 0 atom stereocenters. The molecule has 1 amide bonds. The Morgan fingerprint density at radius 3 is 1.93 bits per heavy atom. The predicted molar refractivity (Wildman–Crippen MR) is 160 cm³/mol. The van der Waals surface area contributed by atoms with Gasteiger partial charge in [-0.05, 0) is 64.6 Å². The Labute approximate surface area is 240 Å². The van der Waals surface area contributed by atoms with Gasteiger partial charge in [-0.3, -0.25) is 4.79 Å². The lowest BCUT2D eigenvalue weighted by atomic mass is 9.98. The fourth-order valence-electron chi connectivity index (χ4n) is 4.37. The van der Waals surface area contributed by atoms with Crippen LogP contribution < -0.4 is 24.7 Å². The lowest BCUT2D eigenvalue weighted by molar-refractivity contribution is -0.115. The minimum atomic E-state index is -3.76. The average molecular weight is 573 g/mol. The second kappa shape index (κ2) is 13.2. The van der Waals surface area contributed by atoms with Gasteiger partial charge in [-0.25, -0.2) is 13.6 Å². The number of benzene rings is 4. The van der Waals surface area contributed by atoms with Crippen LogP contribution >= 0.6 is 0 Å². The number of carbonyl (C=O) groups is 1. The summed E-state index contributed by atoms with van der Waals surface area (Å²) < 4.78 is 39.5. The monoisotopic (exact) mass is 572 g/mol. The zero-order chi connectivity index (χ0) is 29.4. The molecule has 0 unspecified atom stereocenters. The molecule has 0 aromatic heterocycles. The van der Waals surface area contributed by atoms with Gasteiger partial charge in [0.05, 0.1) is 26.2 Å². The summed E-state index contributed by atoms with van der Waals surface area (Å²) in [6.07, 6.45) is 2.28. The summed E-state index contributed by atoms with van der Waals surface area (Å²) in [5.74, 6) is 1.13. The van der Waals surface area contributed by atoms with E-state index < -0.39 is 10.0 Å². The van der Waals surface area contributed by atoms with Gasteiger partial charge >= 0.3 is 0 Å². The Balaban J connectivity index is 1.63. The lowest BCUT2D eigenvalue weighted by Gasteiger charge is -2.14. The molecular weight excluding hydrogens is 540 g/mol. The van der Waals surface area contributed by atoms with Crippen LogP contribution in [0, 0.1) is 0 Å². The van der Waals surface area contributed by atoms with Crippen LogP contribution in [0.4, 0.5) is 0 Å². The number of hydrogen-bond acceptors (Lipinski definition) is 6. The highest BCUT2D eigenvalue weighted by atomic mass is 32.2. The Kier molecular flexibility index (Phi) is 9.44. The SMILES string of the molecule is COc1cc(/C=C(/C(=O)NCCc2ccc(S(N)(=O)=O)cc2)c2ccc(-c3ccccc3)cc2)cc(OC)c1OC. The normalized spacial score (nSPS) is 11.6. The van der Waals surface area contributed by atoms with Crippen molar-refractivity contribution in [2.45, 2.75) is 11.3 Å². The summed E-state index contributed by atoms with van der Waals surface area (Å²) in [6, 6.07) is 27.6. The Bertz CT molecular complexity index is 1610. The summed E-state index contributed by atoms with van der Waals surface area (Å²) in [7, 11) is 0.845. The fourth-order valence-corrected chi connectivity index (χ4v) is 4.88. The van der Waals surface area contributed by atoms with E-state index in [1.54, 1.807) is 30.3 Å². The average Bonchev–Trinajstić information content (AvgIpc) is 2.99. The molecule has 0 aliphatic carbocycles. The summed E-state index contributed by atoms with van der Waals surface area (Å²) in [4.78, 5) is 13.6. The second-order valence-corrected chi connectivity index (χ2v) is 10.7. The van der Waals surface area contributed by atoms with E-state index in [1.807, 2.05) is 54.6 Å². The molecule has 0 spiro atoms. The number of methoxy groups -OCH3 is 3. The number of primary sulfonamides is 1. The van der Waals surface area contributed by atoms with Crippen molar-refractivity contribution in [3.63, 3.8) is 0 Å². The van der Waals surface area contributed by atoms with Gasteiger partial charge in [-0.15, -0.1) is 0 Å². The zero-order valence-corrected chi connectivity index (χ0v) is 23.9. The minimum Gasteiger partial charge on any atom is -0.493 e. The molecule has 4 rings (SSSR count). The molecule has 212 valence electrons. The molecule has 41 heavy (non-hydrogen) atoms. The van der Waals surface area contributed by atoms with Gasteiger partial charge in [0.25, 0.3) is 5.91 Å². The molecule has 8 nitrogen and oxygen atoms in total. The van der Waals surface area contributed by atoms with Crippen LogP contribution in [0.25, 0.3) is 22.8 Å². The van der Waals surface area contributed by atoms with Gasteiger partial charge in [0.15, 0.2) is 11.5 Å². The van der Waals surface area contributed by atoms with Crippen molar-refractivity contribution in [1.29, 1.82) is 0 Å². The minimum absolute atomic E-state index is 0.0415. The molecule has 4 aromatic carbocycles. The Morgan fingerprint density at radius 2 is 1.39 bits per heavy atom. The molecule has 0 aliphatic heterocycles. The van der Waals surface area contributed by atoms with E-state index in [2.05, 4.69) is 5.32 Å². The summed E-state index contributed by atoms with van der Waals surface area (Å²) >= 11 is 0. The first-order valence-corrected chi connectivity index (χ1v) is 14.4. The molecule has 0 aliphatic rings. The smallest absolute Gasteiger partial charge is 0.251 e. The summed E-state index contributed by atoms with van der Waals surface area (Å²) in [6.45, 7) is 0.336. The van der Waals surface area contributed by atoms with Gasteiger partial charge in [0.1, 0.15) is 0 Å². The fraction of sp³-hybridized carbons (Fsp3) is 0.156. The highest BCUT2D eigenvalue weighted by Crippen LogP contribution is 2.39. The number of ether oxygens (including phenoxy) is 3. The molecule has 9 heteroatoms. The number of sulfonamides is 1. The van der Waals surface area contributed by atoms with E-state index in [-0.39, 0.29) is 10.8 Å². The van der Waals surface area contributed by atoms with Crippen LogP contribution in [-0.2, 0) is 21.2 Å². The van der Waals surface area contributed by atoms with Crippen LogP contribution in [0.5, 0.6) is 17.2 Å². The molecule has 0 fully saturated rings. The number of carbonyl (C=O) groups excluding carboxylic acids is 1. The lowest BCUT2D eigenvalue weighted by Crippen LogP contribution is -2.26. The Morgan fingerprint density at radius 1 is 0.805 bits per heavy atom. The van der Waals surface area contributed by atoms with Gasteiger partial charge in [-0.1, -0.05) is 66.7 Å². The van der Waals surface area contributed by atoms with Gasteiger partial charge in [0, 0.05) is 12.1 Å². The van der Waals surface area contributed by atoms with Crippen molar-refractivity contribution in [2.75, 3.05) is 27.9 Å². The predicted octanol–water partition coefficient (Wildman–Crippen LogP) is 4.93. The first-order chi connectivity index (χ1) is 19.7. The first-order valence-electron chi connectivity index (χ1n) is 12.8. The third kappa shape index (κ3) is 7.33. The number of hydrogen-bond donors (Lipinski definition) is 2. The van der Waals surface area contributed by atoms with Crippen molar-refractivity contribution in [3.8, 4) is 28.4 Å². The molecule has 0 bridgehead atoms. The van der Waals surface area contributed by atoms with Crippen LogP contribution in [0.2, 0.25) is 0 Å². The molecule has 4 aromatic rings. The van der Waals surface area contributed by atoms with Gasteiger partial charge < -0.3 is 19.5 Å². The highest BCUT2D eigenvalue weighted by molar-refractivity contribution is 7.89. The number of rotatable bonds is 11. The van der Waals surface area contributed by atoms with Crippen molar-refractivity contribution in [1.82, 2.24) is 5.32 Å². The summed E-state index contributed by atoms with van der Waals surface area (Å²) in [5.41, 5.74) is 4.84. The Hall–Kier alpha value is -4.60. The zero-order valence-electron chi connectivity index (χ0n) is 23.1. The quantitative estimate of drug-likeness (QED) is 0.195. The standard InChI is InChI=1S/C32H32N2O6S/c1-38-29-20-23(21-30(39-2)31(29)40-3)19-28(26-13-11-25(12-14-26)24-7-5-4-6-8-24)32(35)34-18-17-22-9-15-27(16-10-22)41(33,36)37/h4-16,19-21H,17-18H2,1-3H3,(H,34,35)(H2,33,36,37)/b28-19+.